The molecule has 0 saturated heterocycles. The first-order chi connectivity index (χ1) is 10.3. The lowest BCUT2D eigenvalue weighted by molar-refractivity contribution is 0.415. The lowest BCUT2D eigenvalue weighted by Crippen LogP contribution is -2.36. The Hall–Kier alpha value is -1.58. The zero-order chi connectivity index (χ0) is 15.1. The molecular formula is C18H26N2O. The minimum Gasteiger partial charge on any atom is -0.497 e. The van der Waals surface area contributed by atoms with Crippen molar-refractivity contribution < 1.29 is 4.74 Å². The predicted molar refractivity (Wildman–Crippen MR) is 89.5 cm³/mol. The number of unbranched alkanes of at least 4 members (excludes halogenated alkanes) is 2. The van der Waals surface area contributed by atoms with E-state index in [1.807, 2.05) is 6.07 Å². The van der Waals surface area contributed by atoms with Gasteiger partial charge in [-0.25, -0.2) is 0 Å². The van der Waals surface area contributed by atoms with Gasteiger partial charge in [0.1, 0.15) is 5.75 Å². The molecule has 2 rings (SSSR count). The Kier molecular flexibility index (Phi) is 6.03. The van der Waals surface area contributed by atoms with Crippen LogP contribution in [0.1, 0.15) is 38.2 Å². The molecule has 3 nitrogen and oxygen atoms in total. The van der Waals surface area contributed by atoms with E-state index in [9.17, 15) is 0 Å². The summed E-state index contributed by atoms with van der Waals surface area (Å²) >= 11 is 0. The summed E-state index contributed by atoms with van der Waals surface area (Å²) in [6.45, 7) is 2.22. The molecule has 0 spiro atoms. The van der Waals surface area contributed by atoms with Crippen molar-refractivity contribution in [3.63, 3.8) is 0 Å². The molecule has 21 heavy (non-hydrogen) atoms. The number of benzene rings is 2. The van der Waals surface area contributed by atoms with E-state index in [-0.39, 0.29) is 0 Å². The van der Waals surface area contributed by atoms with Gasteiger partial charge in [-0.3, -0.25) is 11.3 Å². The molecule has 1 unspecified atom stereocenters. The molecule has 114 valence electrons. The fraction of sp³-hybridized carbons (Fsp3) is 0.444. The molecule has 0 aliphatic rings. The normalized spacial score (nSPS) is 12.5. The van der Waals surface area contributed by atoms with Gasteiger partial charge in [-0.15, -0.1) is 0 Å². The van der Waals surface area contributed by atoms with Gasteiger partial charge >= 0.3 is 0 Å². The van der Waals surface area contributed by atoms with Crippen LogP contribution in [0.2, 0.25) is 0 Å². The Balaban J connectivity index is 2.19. The first-order valence-electron chi connectivity index (χ1n) is 7.80. The second-order valence-corrected chi connectivity index (χ2v) is 5.57. The van der Waals surface area contributed by atoms with E-state index >= 15 is 0 Å². The Morgan fingerprint density at radius 3 is 2.76 bits per heavy atom. The summed E-state index contributed by atoms with van der Waals surface area (Å²) < 4.78 is 5.35. The van der Waals surface area contributed by atoms with Crippen molar-refractivity contribution in [1.29, 1.82) is 0 Å². The number of ether oxygens (including phenoxy) is 1. The third-order valence-electron chi connectivity index (χ3n) is 4.04. The molecule has 0 aliphatic carbocycles. The van der Waals surface area contributed by atoms with Crippen LogP contribution in [0.4, 0.5) is 0 Å². The van der Waals surface area contributed by atoms with E-state index in [2.05, 4.69) is 42.7 Å². The van der Waals surface area contributed by atoms with E-state index in [1.54, 1.807) is 7.11 Å². The second kappa shape index (κ2) is 8.01. The van der Waals surface area contributed by atoms with Crippen LogP contribution in [0, 0.1) is 0 Å². The monoisotopic (exact) mass is 286 g/mol. The number of nitrogens with one attached hydrogen (secondary N) is 1. The topological polar surface area (TPSA) is 47.3 Å². The highest BCUT2D eigenvalue weighted by molar-refractivity contribution is 5.87. The Labute approximate surface area is 127 Å². The van der Waals surface area contributed by atoms with E-state index < -0.39 is 0 Å². The van der Waals surface area contributed by atoms with Gasteiger partial charge < -0.3 is 4.74 Å². The summed E-state index contributed by atoms with van der Waals surface area (Å²) in [7, 11) is 1.71. The van der Waals surface area contributed by atoms with Gasteiger partial charge in [0, 0.05) is 6.04 Å². The van der Waals surface area contributed by atoms with Crippen LogP contribution < -0.4 is 16.0 Å². The smallest absolute Gasteiger partial charge is 0.119 e. The Morgan fingerprint density at radius 2 is 2.05 bits per heavy atom. The predicted octanol–water partition coefficient (Wildman–Crippen LogP) is 3.80. The average Bonchev–Trinajstić information content (AvgIpc) is 2.53. The van der Waals surface area contributed by atoms with Gasteiger partial charge in [0.15, 0.2) is 0 Å². The maximum Gasteiger partial charge on any atom is 0.119 e. The van der Waals surface area contributed by atoms with E-state index in [4.69, 9.17) is 10.6 Å². The third-order valence-corrected chi connectivity index (χ3v) is 4.04. The van der Waals surface area contributed by atoms with Gasteiger partial charge in [-0.05, 0) is 41.3 Å². The van der Waals surface area contributed by atoms with Crippen LogP contribution in [-0.4, -0.2) is 13.2 Å². The molecule has 3 N–H and O–H groups in total. The minimum atomic E-state index is 0.327. The maximum absolute atomic E-state index is 5.73. The fourth-order valence-corrected chi connectivity index (χ4v) is 2.77. The molecule has 3 heteroatoms. The molecule has 0 bridgehead atoms. The van der Waals surface area contributed by atoms with E-state index in [1.165, 1.54) is 35.6 Å². The van der Waals surface area contributed by atoms with E-state index in [0.29, 0.717) is 6.04 Å². The zero-order valence-electron chi connectivity index (χ0n) is 13.1. The van der Waals surface area contributed by atoms with Crippen molar-refractivity contribution in [2.24, 2.45) is 5.84 Å². The van der Waals surface area contributed by atoms with Gasteiger partial charge in [0.25, 0.3) is 0 Å². The van der Waals surface area contributed by atoms with Crippen molar-refractivity contribution >= 4 is 10.8 Å². The van der Waals surface area contributed by atoms with Gasteiger partial charge in [-0.1, -0.05) is 50.5 Å². The van der Waals surface area contributed by atoms with Crippen LogP contribution in [0.15, 0.2) is 36.4 Å². The van der Waals surface area contributed by atoms with Gasteiger partial charge in [0.2, 0.25) is 0 Å². The molecule has 2 aromatic rings. The fourth-order valence-electron chi connectivity index (χ4n) is 2.77. The van der Waals surface area contributed by atoms with Crippen LogP contribution in [-0.2, 0) is 6.42 Å². The minimum absolute atomic E-state index is 0.327. The molecule has 0 amide bonds. The second-order valence-electron chi connectivity index (χ2n) is 5.57. The van der Waals surface area contributed by atoms with Crippen LogP contribution >= 0.6 is 0 Å². The van der Waals surface area contributed by atoms with Crippen LogP contribution in [0.3, 0.4) is 0 Å². The summed E-state index contributed by atoms with van der Waals surface area (Å²) in [5.41, 5.74) is 4.30. The number of nitrogens with two attached hydrogens (primary N) is 1. The molecule has 0 fully saturated rings. The number of methoxy groups -OCH3 is 1. The lowest BCUT2D eigenvalue weighted by Gasteiger charge is -2.17. The zero-order valence-corrected chi connectivity index (χ0v) is 13.1. The quantitative estimate of drug-likeness (QED) is 0.441. The molecule has 0 saturated carbocycles. The molecule has 0 aliphatic heterocycles. The highest BCUT2D eigenvalue weighted by Crippen LogP contribution is 2.25. The Bertz CT molecular complexity index is 568. The number of hydrogen-bond acceptors (Lipinski definition) is 3. The van der Waals surface area contributed by atoms with Crippen LogP contribution in [0.5, 0.6) is 5.75 Å². The van der Waals surface area contributed by atoms with Crippen molar-refractivity contribution in [3.8, 4) is 5.75 Å². The van der Waals surface area contributed by atoms with Crippen molar-refractivity contribution in [2.75, 3.05) is 7.11 Å². The van der Waals surface area contributed by atoms with Crippen molar-refractivity contribution in [3.05, 3.63) is 42.0 Å². The van der Waals surface area contributed by atoms with Gasteiger partial charge in [-0.2, -0.15) is 0 Å². The molecule has 0 heterocycles. The first-order valence-corrected chi connectivity index (χ1v) is 7.80. The first kappa shape index (κ1) is 15.8. The van der Waals surface area contributed by atoms with Gasteiger partial charge in [0.05, 0.1) is 7.11 Å². The SMILES string of the molecule is CCCCCC(Cc1cccc2ccc(OC)cc12)NN. The number of hydrogen-bond donors (Lipinski definition) is 2. The van der Waals surface area contributed by atoms with Crippen LogP contribution in [0.25, 0.3) is 10.8 Å². The summed E-state index contributed by atoms with van der Waals surface area (Å²) in [6, 6.07) is 13.0. The maximum atomic E-state index is 5.73. The average molecular weight is 286 g/mol. The summed E-state index contributed by atoms with van der Waals surface area (Å²) in [5.74, 6) is 6.63. The Morgan fingerprint density at radius 1 is 1.19 bits per heavy atom. The highest BCUT2D eigenvalue weighted by atomic mass is 16.5. The van der Waals surface area contributed by atoms with Crippen molar-refractivity contribution in [1.82, 2.24) is 5.43 Å². The van der Waals surface area contributed by atoms with E-state index in [0.717, 1.165) is 18.6 Å². The standard InChI is InChI=1S/C18H26N2O/c1-3-4-5-9-16(20-19)12-15-8-6-7-14-10-11-17(21-2)13-18(14)15/h6-8,10-11,13,16,20H,3-5,9,12,19H2,1-2H3. The molecule has 1 atom stereocenters. The number of hydrazine groups is 1. The third kappa shape index (κ3) is 4.19. The summed E-state index contributed by atoms with van der Waals surface area (Å²) in [4.78, 5) is 0. The lowest BCUT2D eigenvalue weighted by atomic mass is 9.96. The molecule has 2 aromatic carbocycles. The van der Waals surface area contributed by atoms with Crippen molar-refractivity contribution in [2.45, 2.75) is 45.1 Å². The summed E-state index contributed by atoms with van der Waals surface area (Å²) in [6.07, 6.45) is 5.79. The number of fused-ring (bicyclic) bond motifs is 1. The molecule has 0 aromatic heterocycles. The molecule has 0 radical (unpaired) electrons. The largest absolute Gasteiger partial charge is 0.497 e. The highest BCUT2D eigenvalue weighted by Gasteiger charge is 2.10. The number of rotatable bonds is 8. The molecular weight excluding hydrogens is 260 g/mol. The summed E-state index contributed by atoms with van der Waals surface area (Å²) in [5, 5.41) is 2.50.